The first-order valence-electron chi connectivity index (χ1n) is 7.75. The Kier molecular flexibility index (Phi) is 5.17. The van der Waals surface area contributed by atoms with Gasteiger partial charge in [0.1, 0.15) is 5.75 Å². The summed E-state index contributed by atoms with van der Waals surface area (Å²) in [4.78, 5) is 20.4. The fraction of sp³-hybridized carbons (Fsp3) is 0.105. The summed E-state index contributed by atoms with van der Waals surface area (Å²) in [6.45, 7) is 0.500. The minimum atomic E-state index is -1.07. The van der Waals surface area contributed by atoms with Crippen LogP contribution in [0.5, 0.6) is 5.75 Å². The number of carbonyl (C=O) groups is 1. The van der Waals surface area contributed by atoms with Gasteiger partial charge in [-0.15, -0.1) is 0 Å². The molecule has 0 saturated carbocycles. The zero-order chi connectivity index (χ0) is 18.5. The molecule has 3 rings (SSSR count). The predicted molar refractivity (Wildman–Crippen MR) is 92.1 cm³/mol. The molecule has 5 nitrogen and oxygen atoms in total. The fourth-order valence-electron chi connectivity index (χ4n) is 2.27. The van der Waals surface area contributed by atoms with E-state index in [2.05, 4.69) is 15.3 Å². The van der Waals surface area contributed by atoms with Crippen LogP contribution in [0.4, 0.5) is 14.7 Å². The third-order valence-corrected chi connectivity index (χ3v) is 3.71. The van der Waals surface area contributed by atoms with E-state index in [-0.39, 0.29) is 11.1 Å². The lowest BCUT2D eigenvalue weighted by Crippen LogP contribution is -2.07. The van der Waals surface area contributed by atoms with Crippen LogP contribution < -0.4 is 10.1 Å². The molecule has 1 heterocycles. The van der Waals surface area contributed by atoms with E-state index in [1.165, 1.54) is 18.5 Å². The highest BCUT2D eigenvalue weighted by Gasteiger charge is 2.13. The molecule has 0 aliphatic carbocycles. The monoisotopic (exact) mass is 355 g/mol. The number of benzene rings is 2. The Morgan fingerprint density at radius 1 is 1.00 bits per heavy atom. The quantitative estimate of drug-likeness (QED) is 0.685. The van der Waals surface area contributed by atoms with Gasteiger partial charge in [-0.3, -0.25) is 4.79 Å². The molecule has 7 heteroatoms. The summed E-state index contributed by atoms with van der Waals surface area (Å²) < 4.78 is 31.3. The maximum absolute atomic E-state index is 13.3. The molecule has 0 unspecified atom stereocenters. The average Bonchev–Trinajstić information content (AvgIpc) is 2.69. The van der Waals surface area contributed by atoms with E-state index in [0.29, 0.717) is 12.5 Å². The zero-order valence-corrected chi connectivity index (χ0v) is 13.9. The van der Waals surface area contributed by atoms with Gasteiger partial charge in [-0.05, 0) is 35.9 Å². The Balaban J connectivity index is 1.65. The number of nitrogens with zero attached hydrogens (tertiary/aromatic N) is 2. The van der Waals surface area contributed by atoms with Crippen LogP contribution in [0.1, 0.15) is 21.5 Å². The molecule has 0 amide bonds. The molecule has 2 aromatic carbocycles. The number of rotatable bonds is 6. The zero-order valence-electron chi connectivity index (χ0n) is 13.9. The number of anilines is 1. The van der Waals surface area contributed by atoms with Gasteiger partial charge in [0.2, 0.25) is 5.95 Å². The van der Waals surface area contributed by atoms with Crippen molar-refractivity contribution in [3.63, 3.8) is 0 Å². The molecule has 0 aliphatic rings. The number of carbonyl (C=O) groups excluding carboxylic acids is 1. The van der Waals surface area contributed by atoms with Crippen LogP contribution in [0.2, 0.25) is 0 Å². The lowest BCUT2D eigenvalue weighted by Gasteiger charge is -2.07. The predicted octanol–water partition coefficient (Wildman–Crippen LogP) is 3.61. The van der Waals surface area contributed by atoms with Crippen LogP contribution in [-0.2, 0) is 6.54 Å². The van der Waals surface area contributed by atoms with Gasteiger partial charge in [-0.25, -0.2) is 18.7 Å². The topological polar surface area (TPSA) is 64.1 Å². The van der Waals surface area contributed by atoms with Crippen LogP contribution in [0.15, 0.2) is 54.9 Å². The van der Waals surface area contributed by atoms with Crippen molar-refractivity contribution in [3.8, 4) is 5.75 Å². The molecule has 0 radical (unpaired) electrons. The number of halogens is 2. The van der Waals surface area contributed by atoms with Crippen LogP contribution in [-0.4, -0.2) is 22.9 Å². The first kappa shape index (κ1) is 17.5. The summed E-state index contributed by atoms with van der Waals surface area (Å²) >= 11 is 0. The number of hydrogen-bond acceptors (Lipinski definition) is 5. The maximum atomic E-state index is 13.3. The molecule has 3 aromatic rings. The van der Waals surface area contributed by atoms with Crippen LogP contribution in [0.3, 0.4) is 0 Å². The number of ketones is 1. The first-order chi connectivity index (χ1) is 12.6. The van der Waals surface area contributed by atoms with Gasteiger partial charge in [0.15, 0.2) is 17.4 Å². The van der Waals surface area contributed by atoms with E-state index in [1.54, 1.807) is 7.11 Å². The highest BCUT2D eigenvalue weighted by Crippen LogP contribution is 2.14. The SMILES string of the molecule is COc1ccc(CNc2ncc(C(=O)c3ccc(F)c(F)c3)cn2)cc1. The molecule has 26 heavy (non-hydrogen) atoms. The average molecular weight is 355 g/mol. The van der Waals surface area contributed by atoms with Crippen molar-refractivity contribution >= 4 is 11.7 Å². The highest BCUT2D eigenvalue weighted by molar-refractivity contribution is 6.08. The van der Waals surface area contributed by atoms with Crippen molar-refractivity contribution in [2.24, 2.45) is 0 Å². The van der Waals surface area contributed by atoms with Gasteiger partial charge in [-0.1, -0.05) is 12.1 Å². The summed E-state index contributed by atoms with van der Waals surface area (Å²) in [6.07, 6.45) is 2.68. The third kappa shape index (κ3) is 4.00. The Labute approximate surface area is 148 Å². The number of nitrogens with one attached hydrogen (secondary N) is 1. The van der Waals surface area contributed by atoms with Gasteiger partial charge >= 0.3 is 0 Å². The second-order valence-corrected chi connectivity index (χ2v) is 5.45. The molecule has 1 N–H and O–H groups in total. The van der Waals surface area contributed by atoms with Gasteiger partial charge in [-0.2, -0.15) is 0 Å². The van der Waals surface area contributed by atoms with Gasteiger partial charge in [0.25, 0.3) is 0 Å². The molecule has 0 spiro atoms. The van der Waals surface area contributed by atoms with Crippen molar-refractivity contribution in [2.45, 2.75) is 6.54 Å². The molecule has 0 aliphatic heterocycles. The maximum Gasteiger partial charge on any atom is 0.222 e. The molecule has 0 atom stereocenters. The standard InChI is InChI=1S/C19H15F2N3O2/c1-26-15-5-2-12(3-6-15)9-22-19-23-10-14(11-24-19)18(25)13-4-7-16(20)17(21)8-13/h2-8,10-11H,9H2,1H3,(H,22,23,24). The Bertz CT molecular complexity index is 913. The van der Waals surface area contributed by atoms with Crippen LogP contribution in [0.25, 0.3) is 0 Å². The Morgan fingerprint density at radius 3 is 2.31 bits per heavy atom. The van der Waals surface area contributed by atoms with Crippen molar-refractivity contribution in [3.05, 3.63) is 83.2 Å². The van der Waals surface area contributed by atoms with Gasteiger partial charge < -0.3 is 10.1 Å². The minimum Gasteiger partial charge on any atom is -0.497 e. The smallest absolute Gasteiger partial charge is 0.222 e. The van der Waals surface area contributed by atoms with E-state index in [4.69, 9.17) is 4.74 Å². The fourth-order valence-corrected chi connectivity index (χ4v) is 2.27. The van der Waals surface area contributed by atoms with Crippen molar-refractivity contribution in [1.82, 2.24) is 9.97 Å². The molecule has 132 valence electrons. The molecule has 0 bridgehead atoms. The van der Waals surface area contributed by atoms with Crippen LogP contribution >= 0.6 is 0 Å². The van der Waals surface area contributed by atoms with Crippen LogP contribution in [0, 0.1) is 11.6 Å². The third-order valence-electron chi connectivity index (χ3n) is 3.71. The van der Waals surface area contributed by atoms with Crippen molar-refractivity contribution in [1.29, 1.82) is 0 Å². The summed E-state index contributed by atoms with van der Waals surface area (Å²) in [6, 6.07) is 10.5. The Morgan fingerprint density at radius 2 is 1.69 bits per heavy atom. The second-order valence-electron chi connectivity index (χ2n) is 5.45. The highest BCUT2D eigenvalue weighted by atomic mass is 19.2. The second kappa shape index (κ2) is 7.69. The van der Waals surface area contributed by atoms with Crippen molar-refractivity contribution in [2.75, 3.05) is 12.4 Å². The summed E-state index contributed by atoms with van der Waals surface area (Å²) in [7, 11) is 1.60. The Hall–Kier alpha value is -3.35. The lowest BCUT2D eigenvalue weighted by atomic mass is 10.1. The van der Waals surface area contributed by atoms with E-state index in [1.807, 2.05) is 24.3 Å². The number of ether oxygens (including phenoxy) is 1. The minimum absolute atomic E-state index is 0.0337. The van der Waals surface area contributed by atoms with Gasteiger partial charge in [0.05, 0.1) is 12.7 Å². The molecular formula is C19H15F2N3O2. The van der Waals surface area contributed by atoms with Crippen molar-refractivity contribution < 1.29 is 18.3 Å². The number of hydrogen-bond donors (Lipinski definition) is 1. The molecular weight excluding hydrogens is 340 g/mol. The van der Waals surface area contributed by atoms with E-state index >= 15 is 0 Å². The number of methoxy groups -OCH3 is 1. The summed E-state index contributed by atoms with van der Waals surface area (Å²) in [5.41, 5.74) is 1.23. The van der Waals surface area contributed by atoms with E-state index in [0.717, 1.165) is 23.4 Å². The molecule has 0 fully saturated rings. The summed E-state index contributed by atoms with van der Waals surface area (Å²) in [5, 5.41) is 3.04. The van der Waals surface area contributed by atoms with E-state index in [9.17, 15) is 13.6 Å². The molecule has 0 saturated heterocycles. The normalized spacial score (nSPS) is 10.4. The number of aromatic nitrogens is 2. The van der Waals surface area contributed by atoms with E-state index < -0.39 is 17.4 Å². The largest absolute Gasteiger partial charge is 0.497 e. The summed E-state index contributed by atoms with van der Waals surface area (Å²) in [5.74, 6) is -1.44. The first-order valence-corrected chi connectivity index (χ1v) is 7.75. The lowest BCUT2D eigenvalue weighted by molar-refractivity contribution is 0.103. The van der Waals surface area contributed by atoms with Gasteiger partial charge in [0, 0.05) is 24.5 Å². The molecule has 1 aromatic heterocycles.